The van der Waals surface area contributed by atoms with Gasteiger partial charge in [0.25, 0.3) is 6.47 Å². The molecule has 3 aromatic rings. The number of hydrogen-bond acceptors (Lipinski definition) is 4. The Morgan fingerprint density at radius 2 is 1.81 bits per heavy atom. The fraction of sp³-hybridized carbons (Fsp3) is 0.0455. The maximum Gasteiger partial charge on any atom is 0.298 e. The zero-order valence-electron chi connectivity index (χ0n) is 14.2. The molecule has 0 aromatic heterocycles. The Morgan fingerprint density at radius 3 is 2.62 bits per heavy atom. The number of carbonyl (C=O) groups is 1. The molecule has 4 rings (SSSR count). The van der Waals surface area contributed by atoms with E-state index in [0.29, 0.717) is 23.7 Å². The van der Waals surface area contributed by atoms with Crippen LogP contribution in [0.5, 0.6) is 23.0 Å². The van der Waals surface area contributed by atoms with E-state index in [1.807, 2.05) is 43.3 Å². The van der Waals surface area contributed by atoms with Gasteiger partial charge in [0.05, 0.1) is 0 Å². The summed E-state index contributed by atoms with van der Waals surface area (Å²) in [5, 5.41) is 11.5. The van der Waals surface area contributed by atoms with Gasteiger partial charge in [-0.15, -0.1) is 0 Å². The molecule has 0 saturated heterocycles. The molecule has 1 aliphatic rings. The average Bonchev–Trinajstić information content (AvgIpc) is 2.60. The van der Waals surface area contributed by atoms with Crippen LogP contribution < -0.4 is 19.9 Å². The summed E-state index contributed by atoms with van der Waals surface area (Å²) in [4.78, 5) is 11.0. The fourth-order valence-corrected chi connectivity index (χ4v) is 3.20. The number of phenolic OH excluding ortho intramolecular Hbond substituents is 1. The molecule has 0 unspecified atom stereocenters. The third kappa shape index (κ3) is 2.62. The van der Waals surface area contributed by atoms with Crippen LogP contribution in [0.1, 0.15) is 16.7 Å². The molecule has 0 saturated carbocycles. The minimum absolute atomic E-state index is 0.116. The molecule has 0 spiro atoms. The number of hydrogen-bond donors (Lipinski definition) is 1. The Balaban J connectivity index is 2.12. The van der Waals surface area contributed by atoms with Gasteiger partial charge in [0.1, 0.15) is 23.0 Å². The van der Waals surface area contributed by atoms with Crippen molar-refractivity contribution >= 4 is 18.6 Å². The molecule has 0 radical (unpaired) electrons. The smallest absolute Gasteiger partial charge is 0.298 e. The van der Waals surface area contributed by atoms with E-state index in [1.165, 1.54) is 0 Å². The first kappa shape index (κ1) is 16.0. The van der Waals surface area contributed by atoms with Gasteiger partial charge in [0.2, 0.25) is 0 Å². The highest BCUT2D eigenvalue weighted by Crippen LogP contribution is 2.40. The van der Waals surface area contributed by atoms with Crippen molar-refractivity contribution < 1.29 is 19.4 Å². The number of aryl methyl sites for hydroxylation is 1. The number of benzene rings is 3. The van der Waals surface area contributed by atoms with E-state index in [1.54, 1.807) is 18.2 Å². The van der Waals surface area contributed by atoms with Crippen LogP contribution in [0.15, 0.2) is 54.6 Å². The van der Waals surface area contributed by atoms with Crippen LogP contribution in [0, 0.1) is 6.92 Å². The first-order chi connectivity index (χ1) is 12.6. The van der Waals surface area contributed by atoms with Gasteiger partial charge in [-0.1, -0.05) is 30.8 Å². The summed E-state index contributed by atoms with van der Waals surface area (Å²) in [6, 6.07) is 16.4. The summed E-state index contributed by atoms with van der Waals surface area (Å²) in [6.07, 6.45) is 0. The summed E-state index contributed by atoms with van der Waals surface area (Å²) in [7, 11) is 0. The van der Waals surface area contributed by atoms with Crippen LogP contribution >= 0.6 is 0 Å². The van der Waals surface area contributed by atoms with Crippen LogP contribution in [0.3, 0.4) is 0 Å². The van der Waals surface area contributed by atoms with Gasteiger partial charge in [-0.2, -0.15) is 0 Å². The SMILES string of the molecule is C=c1ccc2c(c1)Oc1cc(O)ccc1C=2c1ccc(C)cc1OC=O. The second-order valence-electron chi connectivity index (χ2n) is 6.20. The Hall–Kier alpha value is -3.53. The van der Waals surface area contributed by atoms with Crippen molar-refractivity contribution in [2.75, 3.05) is 0 Å². The largest absolute Gasteiger partial charge is 0.508 e. The minimum Gasteiger partial charge on any atom is -0.508 e. The summed E-state index contributed by atoms with van der Waals surface area (Å²) in [6.45, 7) is 6.31. The van der Waals surface area contributed by atoms with Gasteiger partial charge in [-0.05, 0) is 42.0 Å². The highest BCUT2D eigenvalue weighted by molar-refractivity contribution is 5.88. The van der Waals surface area contributed by atoms with Crippen molar-refractivity contribution in [2.45, 2.75) is 6.92 Å². The number of carbonyl (C=O) groups excluding carboxylic acids is 1. The summed E-state index contributed by atoms with van der Waals surface area (Å²) in [5.41, 5.74) is 3.44. The minimum atomic E-state index is 0.116. The number of ether oxygens (including phenoxy) is 2. The van der Waals surface area contributed by atoms with Crippen molar-refractivity contribution in [3.8, 4) is 23.0 Å². The molecule has 26 heavy (non-hydrogen) atoms. The molecule has 0 bridgehead atoms. The van der Waals surface area contributed by atoms with Crippen molar-refractivity contribution in [3.05, 3.63) is 81.7 Å². The van der Waals surface area contributed by atoms with Gasteiger partial charge in [-0.25, -0.2) is 0 Å². The standard InChI is InChI=1S/C22H16O4/c1-13-3-6-16(19(9-13)25-12-23)22-17-7-4-14(2)10-20(17)26-21-11-15(24)5-8-18(21)22/h3-12,24H,2H2,1H3. The van der Waals surface area contributed by atoms with Crippen molar-refractivity contribution in [2.24, 2.45) is 0 Å². The van der Waals surface area contributed by atoms with E-state index >= 15 is 0 Å². The zero-order valence-corrected chi connectivity index (χ0v) is 14.2. The highest BCUT2D eigenvalue weighted by atomic mass is 16.5. The van der Waals surface area contributed by atoms with E-state index in [9.17, 15) is 9.90 Å². The van der Waals surface area contributed by atoms with Crippen molar-refractivity contribution in [1.29, 1.82) is 0 Å². The Morgan fingerprint density at radius 1 is 1.00 bits per heavy atom. The van der Waals surface area contributed by atoms with Crippen molar-refractivity contribution in [1.82, 2.24) is 0 Å². The summed E-state index contributed by atoms with van der Waals surface area (Å²) < 4.78 is 11.2. The molecule has 4 nitrogen and oxygen atoms in total. The van der Waals surface area contributed by atoms with Crippen molar-refractivity contribution in [3.63, 3.8) is 0 Å². The quantitative estimate of drug-likeness (QED) is 0.581. The maximum atomic E-state index is 11.0. The molecule has 0 aliphatic carbocycles. The predicted molar refractivity (Wildman–Crippen MR) is 98.9 cm³/mol. The van der Waals surface area contributed by atoms with Gasteiger partial charge in [0.15, 0.2) is 0 Å². The Bertz CT molecular complexity index is 1150. The Labute approximate surface area is 150 Å². The molecule has 1 N–H and O–H groups in total. The summed E-state index contributed by atoms with van der Waals surface area (Å²) >= 11 is 0. The van der Waals surface area contributed by atoms with Crippen LogP contribution in [0.2, 0.25) is 0 Å². The molecule has 4 heteroatoms. The topological polar surface area (TPSA) is 55.8 Å². The number of rotatable bonds is 3. The van der Waals surface area contributed by atoms with Crippen LogP contribution in [-0.2, 0) is 4.79 Å². The summed E-state index contributed by atoms with van der Waals surface area (Å²) in [5.74, 6) is 1.77. The monoisotopic (exact) mass is 344 g/mol. The van der Waals surface area contributed by atoms with Crippen LogP contribution in [-0.4, -0.2) is 11.6 Å². The van der Waals surface area contributed by atoms with Gasteiger partial charge in [-0.3, -0.25) is 4.79 Å². The average molecular weight is 344 g/mol. The van der Waals surface area contributed by atoms with E-state index in [0.717, 1.165) is 32.7 Å². The fourth-order valence-electron chi connectivity index (χ4n) is 3.20. The van der Waals surface area contributed by atoms with E-state index in [-0.39, 0.29) is 5.75 Å². The number of aromatic hydroxyl groups is 1. The first-order valence-corrected chi connectivity index (χ1v) is 8.13. The molecular formula is C22H16O4. The lowest BCUT2D eigenvalue weighted by Crippen LogP contribution is -2.19. The number of phenols is 1. The molecule has 1 heterocycles. The lowest BCUT2D eigenvalue weighted by atomic mass is 9.91. The highest BCUT2D eigenvalue weighted by Gasteiger charge is 2.22. The molecule has 3 aromatic carbocycles. The van der Waals surface area contributed by atoms with Gasteiger partial charge >= 0.3 is 0 Å². The third-order valence-corrected chi connectivity index (χ3v) is 4.35. The molecular weight excluding hydrogens is 328 g/mol. The molecule has 0 amide bonds. The van der Waals surface area contributed by atoms with Crippen LogP contribution in [0.25, 0.3) is 12.2 Å². The second-order valence-corrected chi connectivity index (χ2v) is 6.20. The third-order valence-electron chi connectivity index (χ3n) is 4.35. The normalized spacial score (nSPS) is 12.0. The van der Waals surface area contributed by atoms with Gasteiger partial charge < -0.3 is 14.6 Å². The van der Waals surface area contributed by atoms with Crippen LogP contribution in [0.4, 0.5) is 0 Å². The molecule has 0 atom stereocenters. The van der Waals surface area contributed by atoms with E-state index in [4.69, 9.17) is 9.47 Å². The molecule has 128 valence electrons. The second kappa shape index (κ2) is 6.08. The lowest BCUT2D eigenvalue weighted by molar-refractivity contribution is -0.120. The Kier molecular flexibility index (Phi) is 3.73. The predicted octanol–water partition coefficient (Wildman–Crippen LogP) is 3.00. The molecule has 0 fully saturated rings. The lowest BCUT2D eigenvalue weighted by Gasteiger charge is -2.22. The molecule has 1 aliphatic heterocycles. The van der Waals surface area contributed by atoms with E-state index in [2.05, 4.69) is 6.58 Å². The number of fused-ring (bicyclic) bond motifs is 2. The first-order valence-electron chi connectivity index (χ1n) is 8.13. The zero-order chi connectivity index (χ0) is 18.3. The van der Waals surface area contributed by atoms with E-state index < -0.39 is 0 Å². The maximum absolute atomic E-state index is 11.0. The van der Waals surface area contributed by atoms with Gasteiger partial charge in [0, 0.05) is 28.0 Å².